The minimum absolute atomic E-state index is 0.182. The van der Waals surface area contributed by atoms with E-state index in [1.54, 1.807) is 0 Å². The summed E-state index contributed by atoms with van der Waals surface area (Å²) in [6.07, 6.45) is 3.67. The fourth-order valence-electron chi connectivity index (χ4n) is 3.41. The Balaban J connectivity index is 0.000000701. The summed E-state index contributed by atoms with van der Waals surface area (Å²) in [4.78, 5) is 28.0. The summed E-state index contributed by atoms with van der Waals surface area (Å²) in [5.41, 5.74) is 3.14. The monoisotopic (exact) mass is 338 g/mol. The molecule has 0 heterocycles. The quantitative estimate of drug-likeness (QED) is 0.864. The molecule has 4 heteroatoms. The van der Waals surface area contributed by atoms with Crippen LogP contribution in [0.5, 0.6) is 0 Å². The van der Waals surface area contributed by atoms with Crippen LogP contribution in [0.3, 0.4) is 0 Å². The van der Waals surface area contributed by atoms with Gasteiger partial charge in [-0.3, -0.25) is 4.79 Å². The molecule has 1 aliphatic rings. The van der Waals surface area contributed by atoms with Crippen LogP contribution in [0.1, 0.15) is 41.9 Å². The third-order valence-corrected chi connectivity index (χ3v) is 4.91. The number of carbonyl (C=O) groups excluding carboxylic acids is 2. The van der Waals surface area contributed by atoms with Crippen LogP contribution >= 0.6 is 0 Å². The van der Waals surface area contributed by atoms with E-state index >= 15 is 0 Å². The minimum atomic E-state index is -0.633. The van der Waals surface area contributed by atoms with E-state index in [2.05, 4.69) is 43.3 Å². The Kier molecular flexibility index (Phi) is 6.26. The number of aryl methyl sites for hydroxylation is 2. The van der Waals surface area contributed by atoms with Crippen LogP contribution in [0.25, 0.3) is 0 Å². The first-order valence-corrected chi connectivity index (χ1v) is 8.36. The second-order valence-corrected chi connectivity index (χ2v) is 6.55. The van der Waals surface area contributed by atoms with Crippen molar-refractivity contribution < 1.29 is 19.5 Å². The van der Waals surface area contributed by atoms with Gasteiger partial charge in [-0.15, -0.1) is 0 Å². The maximum atomic E-state index is 11.8. The van der Waals surface area contributed by atoms with Gasteiger partial charge in [0.25, 0.3) is 0 Å². The lowest BCUT2D eigenvalue weighted by Crippen LogP contribution is -2.17. The molecule has 2 aromatic rings. The Morgan fingerprint density at radius 3 is 2.28 bits per heavy atom. The molecule has 0 amide bonds. The van der Waals surface area contributed by atoms with Crippen molar-refractivity contribution in [3.63, 3.8) is 0 Å². The molecule has 0 radical (unpaired) electrons. The number of hydrogen-bond acceptors (Lipinski definition) is 3. The van der Waals surface area contributed by atoms with Gasteiger partial charge in [0, 0.05) is 5.92 Å². The summed E-state index contributed by atoms with van der Waals surface area (Å²) in [5.74, 6) is -0.451. The molecule has 0 spiro atoms. The molecule has 1 N–H and O–H groups in total. The predicted molar refractivity (Wildman–Crippen MR) is 93.0 cm³/mol. The number of carbonyl (C=O) groups is 1. The van der Waals surface area contributed by atoms with Crippen LogP contribution in [0.2, 0.25) is 0 Å². The van der Waals surface area contributed by atoms with Crippen LogP contribution in [-0.4, -0.2) is 17.2 Å². The highest BCUT2D eigenvalue weighted by Crippen LogP contribution is 2.62. The molecular formula is C21H22O4. The van der Waals surface area contributed by atoms with Gasteiger partial charge in [-0.1, -0.05) is 60.2 Å². The van der Waals surface area contributed by atoms with E-state index in [1.165, 1.54) is 16.7 Å². The Morgan fingerprint density at radius 2 is 1.72 bits per heavy atom. The third kappa shape index (κ3) is 4.65. The summed E-state index contributed by atoms with van der Waals surface area (Å²) in [6, 6.07) is 18.6. The topological polar surface area (TPSA) is 71.4 Å². The maximum Gasteiger partial charge on any atom is 0.373 e. The summed E-state index contributed by atoms with van der Waals surface area (Å²) < 4.78 is 0. The molecule has 1 fully saturated rings. The molecule has 130 valence electrons. The Labute approximate surface area is 147 Å². The van der Waals surface area contributed by atoms with Gasteiger partial charge < -0.3 is 5.11 Å². The number of benzene rings is 2. The van der Waals surface area contributed by atoms with Crippen molar-refractivity contribution in [2.24, 2.45) is 5.41 Å². The van der Waals surface area contributed by atoms with Gasteiger partial charge in [0.15, 0.2) is 0 Å². The van der Waals surface area contributed by atoms with E-state index in [0.29, 0.717) is 0 Å². The van der Waals surface area contributed by atoms with Crippen molar-refractivity contribution in [2.75, 3.05) is 0 Å². The molecule has 0 saturated heterocycles. The van der Waals surface area contributed by atoms with Gasteiger partial charge in [-0.05, 0) is 43.7 Å². The number of hydrogen-bond donors (Lipinski definition) is 1. The van der Waals surface area contributed by atoms with Crippen molar-refractivity contribution in [1.82, 2.24) is 0 Å². The highest BCUT2D eigenvalue weighted by Gasteiger charge is 2.60. The minimum Gasteiger partial charge on any atom is -0.481 e. The lowest BCUT2D eigenvalue weighted by Gasteiger charge is -2.13. The first kappa shape index (κ1) is 18.6. The van der Waals surface area contributed by atoms with E-state index < -0.39 is 11.4 Å². The van der Waals surface area contributed by atoms with Gasteiger partial charge in [0.2, 0.25) is 0 Å². The van der Waals surface area contributed by atoms with Gasteiger partial charge in [0.1, 0.15) is 0 Å². The van der Waals surface area contributed by atoms with Crippen molar-refractivity contribution in [3.05, 3.63) is 71.3 Å². The number of aliphatic carboxylic acids is 1. The first-order valence-electron chi connectivity index (χ1n) is 8.36. The molecule has 0 aromatic heterocycles. The van der Waals surface area contributed by atoms with Gasteiger partial charge in [-0.25, -0.2) is 0 Å². The molecule has 25 heavy (non-hydrogen) atoms. The molecule has 0 bridgehead atoms. The zero-order valence-electron chi connectivity index (χ0n) is 14.3. The average Bonchev–Trinajstić information content (AvgIpc) is 3.33. The highest BCUT2D eigenvalue weighted by atomic mass is 16.4. The van der Waals surface area contributed by atoms with E-state index in [-0.39, 0.29) is 12.1 Å². The molecule has 2 atom stereocenters. The van der Waals surface area contributed by atoms with Crippen LogP contribution in [0, 0.1) is 12.3 Å². The molecule has 1 aliphatic carbocycles. The largest absolute Gasteiger partial charge is 0.481 e. The summed E-state index contributed by atoms with van der Waals surface area (Å²) in [7, 11) is 0. The molecule has 4 nitrogen and oxygen atoms in total. The Hall–Kier alpha value is -2.71. The smallest absolute Gasteiger partial charge is 0.373 e. The number of rotatable bonds is 6. The van der Waals surface area contributed by atoms with Crippen LogP contribution in [0.15, 0.2) is 54.6 Å². The highest BCUT2D eigenvalue weighted by molar-refractivity contribution is 5.80. The molecule has 2 aromatic carbocycles. The summed E-state index contributed by atoms with van der Waals surface area (Å²) >= 11 is 0. The van der Waals surface area contributed by atoms with Crippen molar-refractivity contribution in [2.45, 2.75) is 38.5 Å². The second kappa shape index (κ2) is 8.41. The van der Waals surface area contributed by atoms with Crippen LogP contribution in [0.4, 0.5) is 0 Å². The van der Waals surface area contributed by atoms with Crippen LogP contribution in [-0.2, 0) is 20.8 Å². The molecule has 1 saturated carbocycles. The summed E-state index contributed by atoms with van der Waals surface area (Å²) in [6.45, 7) is 2.06. The fourth-order valence-corrected chi connectivity index (χ4v) is 3.41. The molecule has 3 rings (SSSR count). The fraction of sp³-hybridized carbons (Fsp3) is 0.333. The maximum absolute atomic E-state index is 11.8. The predicted octanol–water partition coefficient (Wildman–Crippen LogP) is 3.99. The van der Waals surface area contributed by atoms with Crippen LogP contribution < -0.4 is 0 Å². The van der Waals surface area contributed by atoms with Gasteiger partial charge in [0.05, 0.1) is 5.41 Å². The van der Waals surface area contributed by atoms with E-state index in [9.17, 15) is 9.90 Å². The van der Waals surface area contributed by atoms with E-state index in [4.69, 9.17) is 9.59 Å². The SMILES string of the molecule is Cc1ccc([C@H]2C[C@@]2(CCCc2ccccc2)C(=O)O)cc1.O=C=O. The number of carboxylic acid groups (broad SMARTS) is 1. The molecule has 0 unspecified atom stereocenters. The average molecular weight is 338 g/mol. The Morgan fingerprint density at radius 1 is 1.12 bits per heavy atom. The lowest BCUT2D eigenvalue weighted by molar-refractivity contribution is -0.191. The first-order chi connectivity index (χ1) is 12.0. The number of carboxylic acids is 1. The van der Waals surface area contributed by atoms with Gasteiger partial charge >= 0.3 is 12.1 Å². The van der Waals surface area contributed by atoms with Crippen molar-refractivity contribution in [3.8, 4) is 0 Å². The van der Waals surface area contributed by atoms with Crippen molar-refractivity contribution >= 4 is 12.1 Å². The normalized spacial score (nSPS) is 20.8. The third-order valence-electron chi connectivity index (χ3n) is 4.91. The van der Waals surface area contributed by atoms with Crippen molar-refractivity contribution in [1.29, 1.82) is 0 Å². The standard InChI is InChI=1S/C20H22O2.CO2/c1-15-9-11-17(12-10-15)18-14-20(18,19(21)22)13-5-8-16-6-3-2-4-7-16;2-1-3/h2-4,6-7,9-12,18H,5,8,13-14H2,1H3,(H,21,22);/t18-,20-;/m1./s1. The van der Waals surface area contributed by atoms with Gasteiger partial charge in [-0.2, -0.15) is 9.59 Å². The molecular weight excluding hydrogens is 316 g/mol. The van der Waals surface area contributed by atoms with E-state index in [0.717, 1.165) is 25.7 Å². The Bertz CT molecular complexity index is 730. The molecule has 0 aliphatic heterocycles. The van der Waals surface area contributed by atoms with E-state index in [1.807, 2.05) is 18.2 Å². The zero-order valence-corrected chi connectivity index (χ0v) is 14.3. The zero-order chi connectivity index (χ0) is 18.3. The summed E-state index contributed by atoms with van der Waals surface area (Å²) in [5, 5.41) is 9.69. The lowest BCUT2D eigenvalue weighted by atomic mass is 9.92. The second-order valence-electron chi connectivity index (χ2n) is 6.55.